The minimum absolute atomic E-state index is 0.00701. The highest BCUT2D eigenvalue weighted by Gasteiger charge is 2.14. The highest BCUT2D eigenvalue weighted by molar-refractivity contribution is 7.14. The van der Waals surface area contributed by atoms with Crippen LogP contribution in [0.15, 0.2) is 24.1 Å². The van der Waals surface area contributed by atoms with E-state index in [0.29, 0.717) is 13.0 Å². The van der Waals surface area contributed by atoms with E-state index in [2.05, 4.69) is 27.3 Å². The topological polar surface area (TPSA) is 77.1 Å². The van der Waals surface area contributed by atoms with Gasteiger partial charge in [0.05, 0.1) is 17.9 Å². The van der Waals surface area contributed by atoms with Crippen molar-refractivity contribution >= 4 is 22.2 Å². The molecule has 1 unspecified atom stereocenters. The van der Waals surface area contributed by atoms with Crippen molar-refractivity contribution in [3.05, 3.63) is 35.6 Å². The Labute approximate surface area is 132 Å². The Balaban J connectivity index is 1.56. The Morgan fingerprint density at radius 3 is 3.14 bits per heavy atom. The zero-order chi connectivity index (χ0) is 15.5. The average Bonchev–Trinajstić information content (AvgIpc) is 3.19. The lowest BCUT2D eigenvalue weighted by Gasteiger charge is -2.12. The summed E-state index contributed by atoms with van der Waals surface area (Å²) >= 11 is 1.47. The normalized spacial score (nSPS) is 12.6. The molecule has 0 saturated carbocycles. The molecule has 0 radical (unpaired) electrons. The van der Waals surface area contributed by atoms with Gasteiger partial charge in [0.15, 0.2) is 0 Å². The van der Waals surface area contributed by atoms with Gasteiger partial charge in [-0.05, 0) is 6.92 Å². The number of rotatable bonds is 6. The van der Waals surface area contributed by atoms with Crippen LogP contribution in [0.2, 0.25) is 0 Å². The Bertz CT molecular complexity index is 745. The highest BCUT2D eigenvalue weighted by Crippen LogP contribution is 2.15. The van der Waals surface area contributed by atoms with Gasteiger partial charge in [0.25, 0.3) is 0 Å². The van der Waals surface area contributed by atoms with Crippen LogP contribution in [0.1, 0.15) is 37.8 Å². The van der Waals surface area contributed by atoms with Crippen LogP contribution in [0.4, 0.5) is 0 Å². The molecule has 0 bridgehead atoms. The molecular formula is C14H18N6OS. The third-order valence-corrected chi connectivity index (χ3v) is 4.21. The summed E-state index contributed by atoms with van der Waals surface area (Å²) in [5.41, 5.74) is 2.57. The largest absolute Gasteiger partial charge is 0.348 e. The fourth-order valence-electron chi connectivity index (χ4n) is 2.33. The molecule has 3 rings (SSSR count). The van der Waals surface area contributed by atoms with Gasteiger partial charge in [0.2, 0.25) is 10.9 Å². The number of aromatic nitrogens is 5. The lowest BCUT2D eigenvalue weighted by Crippen LogP contribution is -2.27. The first-order valence-corrected chi connectivity index (χ1v) is 8.13. The highest BCUT2D eigenvalue weighted by atomic mass is 32.1. The molecule has 1 amide bonds. The van der Waals surface area contributed by atoms with Crippen molar-refractivity contribution in [1.82, 2.24) is 29.5 Å². The summed E-state index contributed by atoms with van der Waals surface area (Å²) < 4.78 is 3.74. The first-order valence-electron chi connectivity index (χ1n) is 7.25. The number of nitrogens with zero attached hydrogens (tertiary/aromatic N) is 5. The molecule has 3 heterocycles. The quantitative estimate of drug-likeness (QED) is 0.752. The fourth-order valence-corrected chi connectivity index (χ4v) is 2.94. The SMILES string of the molecule is CCc1nccn1CCC(=O)NC(C)c1cn2ncsc2n1. The summed E-state index contributed by atoms with van der Waals surface area (Å²) in [4.78, 5) is 21.6. The minimum atomic E-state index is -0.130. The Kier molecular flexibility index (Phi) is 4.19. The van der Waals surface area contributed by atoms with E-state index in [1.54, 1.807) is 16.2 Å². The average molecular weight is 318 g/mol. The van der Waals surface area contributed by atoms with Crippen LogP contribution in [0, 0.1) is 0 Å². The van der Waals surface area contributed by atoms with Crippen molar-refractivity contribution in [2.75, 3.05) is 0 Å². The number of fused-ring (bicyclic) bond motifs is 1. The van der Waals surface area contributed by atoms with Gasteiger partial charge in [-0.2, -0.15) is 5.10 Å². The maximum atomic E-state index is 12.1. The van der Waals surface area contributed by atoms with Gasteiger partial charge < -0.3 is 9.88 Å². The molecule has 116 valence electrons. The smallest absolute Gasteiger partial charge is 0.222 e. The summed E-state index contributed by atoms with van der Waals surface area (Å²) in [6, 6.07) is -0.130. The second-order valence-corrected chi connectivity index (χ2v) is 5.87. The van der Waals surface area contributed by atoms with Crippen molar-refractivity contribution in [2.45, 2.75) is 39.3 Å². The van der Waals surface area contributed by atoms with Crippen LogP contribution in [-0.2, 0) is 17.8 Å². The van der Waals surface area contributed by atoms with Crippen LogP contribution in [0.5, 0.6) is 0 Å². The number of imidazole rings is 2. The predicted molar refractivity (Wildman–Crippen MR) is 83.6 cm³/mol. The van der Waals surface area contributed by atoms with Gasteiger partial charge in [-0.25, -0.2) is 14.5 Å². The molecule has 0 spiro atoms. The number of amides is 1. The molecule has 8 heteroatoms. The van der Waals surface area contributed by atoms with Gasteiger partial charge in [-0.3, -0.25) is 4.79 Å². The first kappa shape index (κ1) is 14.7. The molecule has 0 aromatic carbocycles. The van der Waals surface area contributed by atoms with Gasteiger partial charge in [-0.1, -0.05) is 18.3 Å². The summed E-state index contributed by atoms with van der Waals surface area (Å²) in [6.45, 7) is 4.63. The van der Waals surface area contributed by atoms with E-state index >= 15 is 0 Å². The third kappa shape index (κ3) is 3.01. The van der Waals surface area contributed by atoms with Crippen LogP contribution in [0.3, 0.4) is 0 Å². The van der Waals surface area contributed by atoms with E-state index in [1.807, 2.05) is 23.9 Å². The molecule has 0 fully saturated rings. The van der Waals surface area contributed by atoms with E-state index < -0.39 is 0 Å². The summed E-state index contributed by atoms with van der Waals surface area (Å²) in [6.07, 6.45) is 6.81. The minimum Gasteiger partial charge on any atom is -0.348 e. The van der Waals surface area contributed by atoms with E-state index in [9.17, 15) is 4.79 Å². The second kappa shape index (κ2) is 6.27. The monoisotopic (exact) mass is 318 g/mol. The number of hydrogen-bond acceptors (Lipinski definition) is 5. The van der Waals surface area contributed by atoms with E-state index in [0.717, 1.165) is 22.9 Å². The summed E-state index contributed by atoms with van der Waals surface area (Å²) in [5, 5.41) is 7.11. The van der Waals surface area contributed by atoms with Crippen molar-refractivity contribution in [1.29, 1.82) is 0 Å². The molecule has 3 aromatic rings. The molecule has 0 aliphatic heterocycles. The van der Waals surface area contributed by atoms with Crippen molar-refractivity contribution in [3.8, 4) is 0 Å². The van der Waals surface area contributed by atoms with E-state index in [-0.39, 0.29) is 11.9 Å². The number of aryl methyl sites for hydroxylation is 2. The molecule has 1 atom stereocenters. The fraction of sp³-hybridized carbons (Fsp3) is 0.429. The number of nitrogens with one attached hydrogen (secondary N) is 1. The Hall–Kier alpha value is -2.22. The van der Waals surface area contributed by atoms with Gasteiger partial charge in [0.1, 0.15) is 11.3 Å². The standard InChI is InChI=1S/C14H18N6OS/c1-3-12-15-5-7-19(12)6-4-13(21)17-10(2)11-8-20-14(18-11)22-9-16-20/h5,7-10H,3-4,6H2,1-2H3,(H,17,21). The van der Waals surface area contributed by atoms with Crippen LogP contribution in [0.25, 0.3) is 4.96 Å². The molecular weight excluding hydrogens is 300 g/mol. The molecule has 1 N–H and O–H groups in total. The Morgan fingerprint density at radius 1 is 1.50 bits per heavy atom. The number of hydrogen-bond donors (Lipinski definition) is 1. The molecule has 22 heavy (non-hydrogen) atoms. The predicted octanol–water partition coefficient (Wildman–Crippen LogP) is 1.82. The second-order valence-electron chi connectivity index (χ2n) is 5.06. The molecule has 0 aliphatic carbocycles. The van der Waals surface area contributed by atoms with Gasteiger partial charge in [0, 0.05) is 31.8 Å². The van der Waals surface area contributed by atoms with Gasteiger partial charge in [-0.15, -0.1) is 0 Å². The van der Waals surface area contributed by atoms with E-state index in [1.165, 1.54) is 11.3 Å². The maximum absolute atomic E-state index is 12.1. The van der Waals surface area contributed by atoms with Crippen LogP contribution < -0.4 is 5.32 Å². The Morgan fingerprint density at radius 2 is 2.36 bits per heavy atom. The lowest BCUT2D eigenvalue weighted by atomic mass is 10.2. The summed E-state index contributed by atoms with van der Waals surface area (Å²) in [7, 11) is 0. The number of carbonyl (C=O) groups is 1. The van der Waals surface area contributed by atoms with Gasteiger partial charge >= 0.3 is 0 Å². The zero-order valence-electron chi connectivity index (χ0n) is 12.6. The van der Waals surface area contributed by atoms with Crippen molar-refractivity contribution < 1.29 is 4.79 Å². The van der Waals surface area contributed by atoms with Crippen LogP contribution >= 0.6 is 11.3 Å². The molecule has 7 nitrogen and oxygen atoms in total. The van der Waals surface area contributed by atoms with Crippen molar-refractivity contribution in [2.24, 2.45) is 0 Å². The third-order valence-electron chi connectivity index (χ3n) is 3.52. The number of carbonyl (C=O) groups excluding carboxylic acids is 1. The first-order chi connectivity index (χ1) is 10.7. The zero-order valence-corrected chi connectivity index (χ0v) is 13.4. The lowest BCUT2D eigenvalue weighted by molar-refractivity contribution is -0.122. The van der Waals surface area contributed by atoms with Crippen LogP contribution in [-0.4, -0.2) is 30.1 Å². The maximum Gasteiger partial charge on any atom is 0.222 e. The summed E-state index contributed by atoms with van der Waals surface area (Å²) in [5.74, 6) is 1.01. The molecule has 3 aromatic heterocycles. The van der Waals surface area contributed by atoms with Crippen molar-refractivity contribution in [3.63, 3.8) is 0 Å². The van der Waals surface area contributed by atoms with E-state index in [4.69, 9.17) is 0 Å². The molecule has 0 saturated heterocycles. The molecule has 0 aliphatic rings.